The molecule has 0 saturated heterocycles. The molecule has 1 aromatic rings. The highest BCUT2D eigenvalue weighted by Crippen LogP contribution is 2.08. The maximum absolute atomic E-state index is 11.8. The Hall–Kier alpha value is -1.63. The molecule has 1 aromatic heterocycles. The Morgan fingerprint density at radius 1 is 1.45 bits per heavy atom. The van der Waals surface area contributed by atoms with E-state index in [0.717, 1.165) is 18.9 Å². The van der Waals surface area contributed by atoms with Crippen LogP contribution in [0.25, 0.3) is 0 Å². The third-order valence-corrected chi connectivity index (χ3v) is 4.40. The molecule has 7 heteroatoms. The average molecular weight is 300 g/mol. The molecule has 0 spiro atoms. The Bertz CT molecular complexity index is 634. The van der Waals surface area contributed by atoms with Crippen molar-refractivity contribution in [2.75, 3.05) is 5.75 Å². The molecule has 0 radical (unpaired) electrons. The minimum absolute atomic E-state index is 0.0195. The van der Waals surface area contributed by atoms with E-state index < -0.39 is 15.9 Å². The van der Waals surface area contributed by atoms with Gasteiger partial charge in [-0.3, -0.25) is 9.59 Å². The van der Waals surface area contributed by atoms with Crippen LogP contribution in [-0.4, -0.2) is 24.6 Å². The monoisotopic (exact) mass is 300 g/mol. The van der Waals surface area contributed by atoms with E-state index in [1.54, 1.807) is 7.05 Å². The van der Waals surface area contributed by atoms with Crippen LogP contribution >= 0.6 is 0 Å². The number of nitrogens with zero attached hydrogens (tertiary/aromatic N) is 1. The molecule has 0 aliphatic heterocycles. The van der Waals surface area contributed by atoms with Crippen LogP contribution in [0.3, 0.4) is 0 Å². The molecular weight excluding hydrogens is 280 g/mol. The number of aromatic nitrogens is 1. The van der Waals surface area contributed by atoms with Crippen LogP contribution in [0.4, 0.5) is 0 Å². The van der Waals surface area contributed by atoms with Crippen molar-refractivity contribution in [2.45, 2.75) is 26.7 Å². The molecule has 6 nitrogen and oxygen atoms in total. The van der Waals surface area contributed by atoms with Crippen molar-refractivity contribution >= 4 is 15.9 Å². The summed E-state index contributed by atoms with van der Waals surface area (Å²) in [7, 11) is -2.13. The number of hydrogen-bond acceptors (Lipinski definition) is 4. The summed E-state index contributed by atoms with van der Waals surface area (Å²) >= 11 is 0. The highest BCUT2D eigenvalue weighted by atomic mass is 32.2. The first kappa shape index (κ1) is 16.4. The Kier molecular flexibility index (Phi) is 5.50. The fourth-order valence-corrected chi connectivity index (χ4v) is 3.28. The van der Waals surface area contributed by atoms with Gasteiger partial charge >= 0.3 is 0 Å². The van der Waals surface area contributed by atoms with E-state index in [4.69, 9.17) is 0 Å². The largest absolute Gasteiger partial charge is 0.319 e. The summed E-state index contributed by atoms with van der Waals surface area (Å²) in [5.74, 6) is -0.891. The fraction of sp³-hybridized carbons (Fsp3) is 0.538. The molecule has 0 aliphatic rings. The lowest BCUT2D eigenvalue weighted by Gasteiger charge is -2.11. The fourth-order valence-electron chi connectivity index (χ4n) is 1.88. The number of carbonyl (C=O) groups is 1. The zero-order valence-electron chi connectivity index (χ0n) is 11.9. The van der Waals surface area contributed by atoms with E-state index >= 15 is 0 Å². The zero-order chi connectivity index (χ0) is 15.3. The molecule has 0 aromatic carbocycles. The first-order valence-corrected chi connectivity index (χ1v) is 8.12. The predicted octanol–water partition coefficient (Wildman–Crippen LogP) is 0.881. The van der Waals surface area contributed by atoms with E-state index in [2.05, 4.69) is 0 Å². The van der Waals surface area contributed by atoms with Crippen molar-refractivity contribution in [3.63, 3.8) is 0 Å². The molecule has 1 heterocycles. The topological polar surface area (TPSA) is 85.2 Å². The number of pyridine rings is 1. The standard InChI is InChI=1S/C13H20N2O4S/c1-4-5-10(2)9-20(18,19)14-13(17)11-6-7-15(3)12(16)8-11/h6-8,10H,4-5,9H2,1-3H3,(H,14,17)/t10-/m0/s1. The van der Waals surface area contributed by atoms with Crippen LogP contribution in [-0.2, 0) is 17.1 Å². The van der Waals surface area contributed by atoms with Crippen molar-refractivity contribution < 1.29 is 13.2 Å². The first-order valence-electron chi connectivity index (χ1n) is 6.46. The average Bonchev–Trinajstić information content (AvgIpc) is 2.31. The van der Waals surface area contributed by atoms with Gasteiger partial charge in [-0.15, -0.1) is 0 Å². The highest BCUT2D eigenvalue weighted by molar-refractivity contribution is 7.90. The van der Waals surface area contributed by atoms with Crippen molar-refractivity contribution in [1.82, 2.24) is 9.29 Å². The van der Waals surface area contributed by atoms with Gasteiger partial charge in [0.15, 0.2) is 0 Å². The number of aryl methyl sites for hydroxylation is 1. The summed E-state index contributed by atoms with van der Waals surface area (Å²) in [4.78, 5) is 23.2. The summed E-state index contributed by atoms with van der Waals surface area (Å²) in [6, 6.07) is 2.52. The minimum Gasteiger partial charge on any atom is -0.319 e. The van der Waals surface area contributed by atoms with E-state index in [1.165, 1.54) is 16.8 Å². The Balaban J connectivity index is 2.79. The quantitative estimate of drug-likeness (QED) is 0.845. The second kappa shape index (κ2) is 6.69. The molecule has 1 N–H and O–H groups in total. The predicted molar refractivity (Wildman–Crippen MR) is 77.0 cm³/mol. The number of rotatable bonds is 6. The van der Waals surface area contributed by atoms with Gasteiger partial charge in [0, 0.05) is 24.9 Å². The van der Waals surface area contributed by atoms with Crippen LogP contribution in [0, 0.1) is 5.92 Å². The van der Waals surface area contributed by atoms with E-state index in [-0.39, 0.29) is 22.8 Å². The maximum Gasteiger partial charge on any atom is 0.264 e. The molecule has 112 valence electrons. The van der Waals surface area contributed by atoms with Crippen molar-refractivity contribution in [1.29, 1.82) is 0 Å². The first-order chi connectivity index (χ1) is 9.25. The third-order valence-electron chi connectivity index (χ3n) is 2.90. The third kappa shape index (κ3) is 4.80. The van der Waals surface area contributed by atoms with Gasteiger partial charge in [-0.1, -0.05) is 20.3 Å². The Morgan fingerprint density at radius 3 is 2.65 bits per heavy atom. The SMILES string of the molecule is CCC[C@H](C)CS(=O)(=O)NC(=O)c1ccn(C)c(=O)c1. The van der Waals surface area contributed by atoms with Crippen LogP contribution in [0.15, 0.2) is 23.1 Å². The summed E-state index contributed by atoms with van der Waals surface area (Å²) in [5.41, 5.74) is -0.325. The smallest absolute Gasteiger partial charge is 0.264 e. The van der Waals surface area contributed by atoms with Gasteiger partial charge < -0.3 is 4.57 Å². The number of hydrogen-bond donors (Lipinski definition) is 1. The minimum atomic E-state index is -3.68. The molecule has 0 bridgehead atoms. The van der Waals surface area contributed by atoms with Gasteiger partial charge in [-0.05, 0) is 18.4 Å². The van der Waals surface area contributed by atoms with Gasteiger partial charge in [0.1, 0.15) is 0 Å². The van der Waals surface area contributed by atoms with Crippen LogP contribution in [0.2, 0.25) is 0 Å². The Morgan fingerprint density at radius 2 is 2.10 bits per heavy atom. The summed E-state index contributed by atoms with van der Waals surface area (Å²) in [5, 5.41) is 0. The molecular formula is C13H20N2O4S. The van der Waals surface area contributed by atoms with Crippen molar-refractivity contribution in [2.24, 2.45) is 13.0 Å². The normalized spacial score (nSPS) is 12.9. The van der Waals surface area contributed by atoms with E-state index in [1.807, 2.05) is 18.6 Å². The molecule has 20 heavy (non-hydrogen) atoms. The second-order valence-corrected chi connectivity index (χ2v) is 6.74. The lowest BCUT2D eigenvalue weighted by molar-refractivity contribution is 0.0981. The summed E-state index contributed by atoms with van der Waals surface area (Å²) < 4.78 is 27.0. The number of carbonyl (C=O) groups excluding carboxylic acids is 1. The maximum atomic E-state index is 11.8. The van der Waals surface area contributed by atoms with Crippen LogP contribution in [0.1, 0.15) is 37.0 Å². The molecule has 0 fully saturated rings. The molecule has 0 saturated carbocycles. The van der Waals surface area contributed by atoms with Gasteiger partial charge in [-0.25, -0.2) is 13.1 Å². The summed E-state index contributed by atoms with van der Waals surface area (Å²) in [6.07, 6.45) is 3.09. The highest BCUT2D eigenvalue weighted by Gasteiger charge is 2.19. The van der Waals surface area contributed by atoms with Gasteiger partial charge in [0.25, 0.3) is 11.5 Å². The van der Waals surface area contributed by atoms with Crippen LogP contribution in [0.5, 0.6) is 0 Å². The van der Waals surface area contributed by atoms with E-state index in [9.17, 15) is 18.0 Å². The molecule has 1 atom stereocenters. The van der Waals surface area contributed by atoms with Gasteiger partial charge in [0.2, 0.25) is 10.0 Å². The lowest BCUT2D eigenvalue weighted by Crippen LogP contribution is -2.35. The molecule has 0 unspecified atom stereocenters. The van der Waals surface area contributed by atoms with Crippen LogP contribution < -0.4 is 10.3 Å². The van der Waals surface area contributed by atoms with Gasteiger partial charge in [0.05, 0.1) is 5.75 Å². The number of nitrogens with one attached hydrogen (secondary N) is 1. The van der Waals surface area contributed by atoms with E-state index in [0.29, 0.717) is 0 Å². The van der Waals surface area contributed by atoms with Crippen molar-refractivity contribution in [3.05, 3.63) is 34.2 Å². The van der Waals surface area contributed by atoms with Gasteiger partial charge in [-0.2, -0.15) is 0 Å². The molecule has 1 amide bonds. The summed E-state index contributed by atoms with van der Waals surface area (Å²) in [6.45, 7) is 3.80. The van der Waals surface area contributed by atoms with Crippen molar-refractivity contribution in [3.8, 4) is 0 Å². The lowest BCUT2D eigenvalue weighted by atomic mass is 10.1. The number of amides is 1. The number of sulfonamides is 1. The zero-order valence-corrected chi connectivity index (χ0v) is 12.7. The second-order valence-electron chi connectivity index (χ2n) is 4.97. The Labute approximate surface area is 118 Å². The molecule has 0 aliphatic carbocycles. The molecule has 1 rings (SSSR count).